The maximum Gasteiger partial charge on any atom is 0.231 e. The number of aliphatic hydroxyl groups is 1. The summed E-state index contributed by atoms with van der Waals surface area (Å²) in [5.74, 6) is 1.54. The van der Waals surface area contributed by atoms with E-state index in [4.69, 9.17) is 9.47 Å². The Bertz CT molecular complexity index is 892. The van der Waals surface area contributed by atoms with Gasteiger partial charge < -0.3 is 19.9 Å². The Kier molecular flexibility index (Phi) is 4.88. The summed E-state index contributed by atoms with van der Waals surface area (Å²) in [4.78, 5) is 4.67. The van der Waals surface area contributed by atoms with Crippen LogP contribution in [0.3, 0.4) is 0 Å². The maximum absolute atomic E-state index is 10.3. The second-order valence-corrected chi connectivity index (χ2v) is 7.13. The quantitative estimate of drug-likeness (QED) is 0.695. The van der Waals surface area contributed by atoms with Crippen LogP contribution in [0.25, 0.3) is 10.6 Å². The number of nitrogens with zero attached hydrogens (tertiary/aromatic N) is 1. The van der Waals surface area contributed by atoms with Crippen LogP contribution in [0.15, 0.2) is 47.8 Å². The van der Waals surface area contributed by atoms with Crippen LogP contribution in [0.2, 0.25) is 0 Å². The zero-order chi connectivity index (χ0) is 17.9. The van der Waals surface area contributed by atoms with E-state index >= 15 is 0 Å². The number of hydrogen-bond acceptors (Lipinski definition) is 6. The lowest BCUT2D eigenvalue weighted by Crippen LogP contribution is -2.21. The van der Waals surface area contributed by atoms with Gasteiger partial charge in [0.2, 0.25) is 6.79 Å². The highest BCUT2D eigenvalue weighted by atomic mass is 32.1. The fourth-order valence-corrected chi connectivity index (χ4v) is 3.61. The van der Waals surface area contributed by atoms with Gasteiger partial charge in [0.25, 0.3) is 0 Å². The van der Waals surface area contributed by atoms with E-state index in [0.717, 1.165) is 33.3 Å². The molecular formula is C20H20N2O3S. The zero-order valence-corrected chi connectivity index (χ0v) is 15.3. The molecule has 0 saturated heterocycles. The minimum absolute atomic E-state index is 0.273. The fraction of sp³-hybridized carbons (Fsp3) is 0.250. The van der Waals surface area contributed by atoms with E-state index in [9.17, 15) is 5.11 Å². The lowest BCUT2D eigenvalue weighted by molar-refractivity contribution is 0.173. The van der Waals surface area contributed by atoms with Crippen molar-refractivity contribution in [1.29, 1.82) is 0 Å². The standard InChI is InChI=1S/C20H20N2O3S/c1-13-2-4-14(5-3-13)17(23)10-21-9-16-11-26-20(22-16)15-6-7-18-19(8-15)25-12-24-18/h2-8,11,17,21,23H,9-10,12H2,1H3. The van der Waals surface area contributed by atoms with E-state index in [2.05, 4.69) is 10.3 Å². The Hall–Kier alpha value is -2.41. The van der Waals surface area contributed by atoms with Gasteiger partial charge in [-0.1, -0.05) is 29.8 Å². The summed E-state index contributed by atoms with van der Waals surface area (Å²) in [6.45, 7) is 3.41. The van der Waals surface area contributed by atoms with Crippen molar-refractivity contribution in [2.24, 2.45) is 0 Å². The van der Waals surface area contributed by atoms with E-state index in [1.165, 1.54) is 5.56 Å². The van der Waals surface area contributed by atoms with Gasteiger partial charge in [0.05, 0.1) is 11.8 Å². The van der Waals surface area contributed by atoms with Gasteiger partial charge in [0, 0.05) is 24.0 Å². The average molecular weight is 368 g/mol. The monoisotopic (exact) mass is 368 g/mol. The summed E-state index contributed by atoms with van der Waals surface area (Å²) in [5, 5.41) is 16.5. The number of hydrogen-bond donors (Lipinski definition) is 2. The molecule has 0 radical (unpaired) electrons. The van der Waals surface area contributed by atoms with Gasteiger partial charge >= 0.3 is 0 Å². The van der Waals surface area contributed by atoms with Crippen LogP contribution in [-0.4, -0.2) is 23.4 Å². The largest absolute Gasteiger partial charge is 0.454 e. The van der Waals surface area contributed by atoms with Crippen molar-refractivity contribution < 1.29 is 14.6 Å². The summed E-state index contributed by atoms with van der Waals surface area (Å²) >= 11 is 1.59. The molecule has 6 heteroatoms. The van der Waals surface area contributed by atoms with Crippen LogP contribution in [0.4, 0.5) is 0 Å². The molecule has 0 aliphatic carbocycles. The van der Waals surface area contributed by atoms with Gasteiger partial charge in [-0.25, -0.2) is 4.98 Å². The molecule has 3 aromatic rings. The Morgan fingerprint density at radius 3 is 2.81 bits per heavy atom. The second kappa shape index (κ2) is 7.45. The first kappa shape index (κ1) is 17.0. The van der Waals surface area contributed by atoms with Crippen molar-refractivity contribution in [1.82, 2.24) is 10.3 Å². The van der Waals surface area contributed by atoms with Crippen molar-refractivity contribution in [3.8, 4) is 22.1 Å². The molecule has 4 rings (SSSR count). The molecular weight excluding hydrogens is 348 g/mol. The molecule has 0 bridgehead atoms. The molecule has 0 saturated carbocycles. The van der Waals surface area contributed by atoms with Crippen molar-refractivity contribution in [2.45, 2.75) is 19.6 Å². The Morgan fingerprint density at radius 2 is 1.96 bits per heavy atom. The number of aliphatic hydroxyl groups excluding tert-OH is 1. The molecule has 2 heterocycles. The lowest BCUT2D eigenvalue weighted by atomic mass is 10.1. The van der Waals surface area contributed by atoms with Gasteiger partial charge in [-0.05, 0) is 30.7 Å². The molecule has 5 nitrogen and oxygen atoms in total. The maximum atomic E-state index is 10.3. The van der Waals surface area contributed by atoms with Crippen molar-refractivity contribution in [3.63, 3.8) is 0 Å². The number of nitrogens with one attached hydrogen (secondary N) is 1. The molecule has 26 heavy (non-hydrogen) atoms. The molecule has 1 aromatic heterocycles. The summed E-state index contributed by atoms with van der Waals surface area (Å²) in [6, 6.07) is 13.8. The number of ether oxygens (including phenoxy) is 2. The summed E-state index contributed by atoms with van der Waals surface area (Å²) < 4.78 is 10.8. The normalized spacial score (nSPS) is 13.8. The van der Waals surface area contributed by atoms with Gasteiger partial charge in [-0.3, -0.25) is 0 Å². The van der Waals surface area contributed by atoms with Gasteiger partial charge in [0.15, 0.2) is 11.5 Å². The number of aromatic nitrogens is 1. The lowest BCUT2D eigenvalue weighted by Gasteiger charge is -2.11. The first-order valence-corrected chi connectivity index (χ1v) is 9.37. The number of fused-ring (bicyclic) bond motifs is 1. The SMILES string of the molecule is Cc1ccc(C(O)CNCc2csc(-c3ccc4c(c3)OCO4)n2)cc1. The minimum atomic E-state index is -0.525. The van der Waals surface area contributed by atoms with Crippen LogP contribution in [0, 0.1) is 6.92 Å². The molecule has 1 aliphatic rings. The van der Waals surface area contributed by atoms with Crippen LogP contribution >= 0.6 is 11.3 Å². The van der Waals surface area contributed by atoms with Crippen molar-refractivity contribution in [3.05, 3.63) is 64.7 Å². The molecule has 1 aliphatic heterocycles. The third-order valence-electron chi connectivity index (χ3n) is 4.28. The zero-order valence-electron chi connectivity index (χ0n) is 14.4. The first-order valence-electron chi connectivity index (χ1n) is 8.49. The number of thiazole rings is 1. The number of aryl methyl sites for hydroxylation is 1. The average Bonchev–Trinajstić information content (AvgIpc) is 3.30. The Morgan fingerprint density at radius 1 is 1.15 bits per heavy atom. The van der Waals surface area contributed by atoms with E-state index in [1.54, 1.807) is 11.3 Å². The number of benzene rings is 2. The molecule has 0 spiro atoms. The second-order valence-electron chi connectivity index (χ2n) is 6.27. The highest BCUT2D eigenvalue weighted by molar-refractivity contribution is 7.13. The predicted octanol–water partition coefficient (Wildman–Crippen LogP) is 3.67. The van der Waals surface area contributed by atoms with E-state index in [-0.39, 0.29) is 6.79 Å². The highest BCUT2D eigenvalue weighted by Crippen LogP contribution is 2.36. The van der Waals surface area contributed by atoms with Crippen LogP contribution in [0.5, 0.6) is 11.5 Å². The van der Waals surface area contributed by atoms with E-state index < -0.39 is 6.10 Å². The fourth-order valence-electron chi connectivity index (χ4n) is 2.79. The third-order valence-corrected chi connectivity index (χ3v) is 5.22. The predicted molar refractivity (Wildman–Crippen MR) is 102 cm³/mol. The topological polar surface area (TPSA) is 63.6 Å². The van der Waals surface area contributed by atoms with Gasteiger partial charge in [0.1, 0.15) is 5.01 Å². The molecule has 2 aromatic carbocycles. The summed E-state index contributed by atoms with van der Waals surface area (Å²) in [5.41, 5.74) is 4.08. The Balaban J connectivity index is 1.34. The van der Waals surface area contributed by atoms with Crippen molar-refractivity contribution in [2.75, 3.05) is 13.3 Å². The van der Waals surface area contributed by atoms with Crippen molar-refractivity contribution >= 4 is 11.3 Å². The smallest absolute Gasteiger partial charge is 0.231 e. The minimum Gasteiger partial charge on any atom is -0.454 e. The summed E-state index contributed by atoms with van der Waals surface area (Å²) in [7, 11) is 0. The Labute approximate surface area is 156 Å². The molecule has 0 fully saturated rings. The van der Waals surface area contributed by atoms with Crippen LogP contribution < -0.4 is 14.8 Å². The van der Waals surface area contributed by atoms with Gasteiger partial charge in [-0.2, -0.15) is 0 Å². The molecule has 2 N–H and O–H groups in total. The third kappa shape index (κ3) is 3.72. The molecule has 0 amide bonds. The molecule has 1 unspecified atom stereocenters. The highest BCUT2D eigenvalue weighted by Gasteiger charge is 2.15. The molecule has 1 atom stereocenters. The molecule has 134 valence electrons. The van der Waals surface area contributed by atoms with Crippen LogP contribution in [-0.2, 0) is 6.54 Å². The van der Waals surface area contributed by atoms with E-state index in [0.29, 0.717) is 13.1 Å². The van der Waals surface area contributed by atoms with Crippen LogP contribution in [0.1, 0.15) is 22.9 Å². The van der Waals surface area contributed by atoms with Gasteiger partial charge in [-0.15, -0.1) is 11.3 Å². The number of rotatable bonds is 6. The first-order chi connectivity index (χ1) is 12.7. The summed E-state index contributed by atoms with van der Waals surface area (Å²) in [6.07, 6.45) is -0.525. The van der Waals surface area contributed by atoms with E-state index in [1.807, 2.05) is 54.8 Å².